The van der Waals surface area contributed by atoms with Crippen molar-refractivity contribution in [2.45, 2.75) is 71.7 Å². The Morgan fingerprint density at radius 1 is 1.02 bits per heavy atom. The first-order valence-electron chi connectivity index (χ1n) is 14.8. The molecular weight excluding hydrogens is 552 g/mol. The average Bonchev–Trinajstić information content (AvgIpc) is 2.97. The third-order valence-corrected chi connectivity index (χ3v) is 6.84. The second-order valence-electron chi connectivity index (χ2n) is 11.1. The smallest absolute Gasteiger partial charge is 0.261 e. The van der Waals surface area contributed by atoms with Gasteiger partial charge in [0.15, 0.2) is 0 Å². The van der Waals surface area contributed by atoms with Crippen LogP contribution in [-0.2, 0) is 30.5 Å². The molecule has 12 nitrogen and oxygen atoms in total. The Labute approximate surface area is 254 Å². The number of aliphatic hydroxyl groups excluding tert-OH is 1. The van der Waals surface area contributed by atoms with E-state index in [1.54, 1.807) is 6.08 Å². The van der Waals surface area contributed by atoms with E-state index in [1.165, 1.54) is 6.92 Å². The number of amides is 4. The second-order valence-corrected chi connectivity index (χ2v) is 11.1. The summed E-state index contributed by atoms with van der Waals surface area (Å²) in [5.41, 5.74) is 2.04. The minimum atomic E-state index is -1.25. The molecule has 1 aromatic carbocycles. The van der Waals surface area contributed by atoms with Crippen molar-refractivity contribution in [1.29, 1.82) is 5.26 Å². The number of hydrogen-bond acceptors (Lipinski definition) is 8. The van der Waals surface area contributed by atoms with E-state index in [-0.39, 0.29) is 37.5 Å². The lowest BCUT2D eigenvalue weighted by molar-refractivity contribution is -0.135. The van der Waals surface area contributed by atoms with Crippen LogP contribution >= 0.6 is 0 Å². The van der Waals surface area contributed by atoms with Gasteiger partial charge in [-0.3, -0.25) is 24.1 Å². The lowest BCUT2D eigenvalue weighted by Gasteiger charge is -2.28. The third kappa shape index (κ3) is 13.4. The summed E-state index contributed by atoms with van der Waals surface area (Å²) in [6.07, 6.45) is 1.62. The van der Waals surface area contributed by atoms with Gasteiger partial charge < -0.3 is 31.1 Å². The maximum Gasteiger partial charge on any atom is 0.261 e. The Kier molecular flexibility index (Phi) is 15.4. The standard InChI is InChI=1S/C31H46N6O6/c1-21(2)17-25(18-32)29(40)33-12-6-5-7-26(30(41)34-19-24-10-8-22(3)9-11-24)35-31(42)28(23(4)38)36-27(39)20-37-13-15-43-16-14-37/h8-11,17,21,23,26,28,38H,5-7,12-16,19-20H2,1-4H3,(H,33,40)(H,34,41)(H,35,42)(H,36,39)/t23-,26+,28+/m1/s1. The van der Waals surface area contributed by atoms with Crippen LogP contribution in [0.4, 0.5) is 0 Å². The number of morpholine rings is 1. The van der Waals surface area contributed by atoms with Gasteiger partial charge in [0.1, 0.15) is 23.7 Å². The molecule has 0 unspecified atom stereocenters. The van der Waals surface area contributed by atoms with Crippen LogP contribution in [0.2, 0.25) is 0 Å². The quantitative estimate of drug-likeness (QED) is 0.105. The molecule has 3 atom stereocenters. The van der Waals surface area contributed by atoms with E-state index in [9.17, 15) is 29.5 Å². The van der Waals surface area contributed by atoms with Gasteiger partial charge in [0.05, 0.1) is 25.9 Å². The lowest BCUT2D eigenvalue weighted by atomic mass is 10.1. The number of aliphatic hydroxyl groups is 1. The maximum atomic E-state index is 13.2. The van der Waals surface area contributed by atoms with Crippen molar-refractivity contribution in [3.05, 3.63) is 47.0 Å². The minimum absolute atomic E-state index is 0.0513. The average molecular weight is 599 g/mol. The Hall–Kier alpha value is -3.79. The molecule has 2 rings (SSSR count). The molecule has 43 heavy (non-hydrogen) atoms. The van der Waals surface area contributed by atoms with Crippen LogP contribution < -0.4 is 21.3 Å². The van der Waals surface area contributed by atoms with Crippen molar-refractivity contribution in [2.24, 2.45) is 5.92 Å². The third-order valence-electron chi connectivity index (χ3n) is 6.84. The number of rotatable bonds is 16. The van der Waals surface area contributed by atoms with E-state index >= 15 is 0 Å². The van der Waals surface area contributed by atoms with Gasteiger partial charge in [0, 0.05) is 26.2 Å². The SMILES string of the molecule is Cc1ccc(CNC(=O)[C@H](CCCCNC(=O)C(C#N)=CC(C)C)NC(=O)[C@@H](NC(=O)CN2CCOCC2)[C@@H](C)O)cc1. The number of aryl methyl sites for hydroxylation is 1. The highest BCUT2D eigenvalue weighted by molar-refractivity contribution is 5.97. The lowest BCUT2D eigenvalue weighted by Crippen LogP contribution is -2.58. The molecule has 0 saturated carbocycles. The summed E-state index contributed by atoms with van der Waals surface area (Å²) in [5, 5.41) is 30.4. The molecule has 1 heterocycles. The molecule has 0 aliphatic carbocycles. The van der Waals surface area contributed by atoms with Crippen LogP contribution in [0.5, 0.6) is 0 Å². The van der Waals surface area contributed by atoms with E-state index in [0.717, 1.165) is 11.1 Å². The van der Waals surface area contributed by atoms with Gasteiger partial charge in [-0.15, -0.1) is 0 Å². The molecule has 0 radical (unpaired) electrons. The highest BCUT2D eigenvalue weighted by Gasteiger charge is 2.30. The van der Waals surface area contributed by atoms with Gasteiger partial charge in [-0.05, 0) is 44.6 Å². The molecule has 0 spiro atoms. The van der Waals surface area contributed by atoms with Gasteiger partial charge in [-0.1, -0.05) is 49.8 Å². The van der Waals surface area contributed by atoms with Crippen LogP contribution in [0.15, 0.2) is 35.9 Å². The molecule has 1 aliphatic heterocycles. The first-order valence-corrected chi connectivity index (χ1v) is 14.8. The zero-order valence-corrected chi connectivity index (χ0v) is 25.7. The molecule has 0 bridgehead atoms. The summed E-state index contributed by atoms with van der Waals surface area (Å²) in [6.45, 7) is 9.95. The molecule has 1 aliphatic rings. The number of nitriles is 1. The molecule has 1 saturated heterocycles. The summed E-state index contributed by atoms with van der Waals surface area (Å²) >= 11 is 0. The van der Waals surface area contributed by atoms with Crippen LogP contribution in [0, 0.1) is 24.2 Å². The fourth-order valence-corrected chi connectivity index (χ4v) is 4.40. The van der Waals surface area contributed by atoms with Crippen molar-refractivity contribution >= 4 is 23.6 Å². The Bertz CT molecular complexity index is 1140. The van der Waals surface area contributed by atoms with Crippen LogP contribution in [0.25, 0.3) is 0 Å². The summed E-state index contributed by atoms with van der Waals surface area (Å²) < 4.78 is 5.30. The molecule has 1 fully saturated rings. The first-order chi connectivity index (χ1) is 20.5. The molecule has 4 amide bonds. The topological polar surface area (TPSA) is 173 Å². The van der Waals surface area contributed by atoms with E-state index in [0.29, 0.717) is 39.1 Å². The molecule has 0 aromatic heterocycles. The van der Waals surface area contributed by atoms with Gasteiger partial charge >= 0.3 is 0 Å². The fraction of sp³-hybridized carbons (Fsp3) is 0.581. The van der Waals surface area contributed by atoms with E-state index < -0.39 is 41.8 Å². The highest BCUT2D eigenvalue weighted by Crippen LogP contribution is 2.07. The Balaban J connectivity index is 2.00. The number of carbonyl (C=O) groups excluding carboxylic acids is 4. The monoisotopic (exact) mass is 598 g/mol. The molecule has 1 aromatic rings. The highest BCUT2D eigenvalue weighted by atomic mass is 16.5. The maximum absolute atomic E-state index is 13.2. The van der Waals surface area contributed by atoms with Gasteiger partial charge in [-0.25, -0.2) is 0 Å². The van der Waals surface area contributed by atoms with Crippen molar-refractivity contribution < 1.29 is 29.0 Å². The largest absolute Gasteiger partial charge is 0.391 e. The number of carbonyl (C=O) groups is 4. The Morgan fingerprint density at radius 3 is 2.30 bits per heavy atom. The molecule has 236 valence electrons. The number of unbranched alkanes of at least 4 members (excludes halogenated alkanes) is 1. The van der Waals surface area contributed by atoms with Crippen molar-refractivity contribution in [2.75, 3.05) is 39.4 Å². The van der Waals surface area contributed by atoms with Crippen LogP contribution in [0.3, 0.4) is 0 Å². The summed E-state index contributed by atoms with van der Waals surface area (Å²) in [6, 6.07) is 7.40. The van der Waals surface area contributed by atoms with E-state index in [4.69, 9.17) is 4.74 Å². The number of allylic oxidation sites excluding steroid dienone is 1. The molecular formula is C31H46N6O6. The summed E-state index contributed by atoms with van der Waals surface area (Å²) in [5.74, 6) is -1.90. The van der Waals surface area contributed by atoms with Gasteiger partial charge in [-0.2, -0.15) is 5.26 Å². The Morgan fingerprint density at radius 2 is 1.70 bits per heavy atom. The predicted molar refractivity (Wildman–Crippen MR) is 161 cm³/mol. The number of ether oxygens (including phenoxy) is 1. The molecule has 5 N–H and O–H groups in total. The van der Waals surface area contributed by atoms with E-state index in [1.807, 2.05) is 56.0 Å². The van der Waals surface area contributed by atoms with Crippen molar-refractivity contribution in [3.63, 3.8) is 0 Å². The van der Waals surface area contributed by atoms with Gasteiger partial charge in [0.25, 0.3) is 5.91 Å². The minimum Gasteiger partial charge on any atom is -0.391 e. The van der Waals surface area contributed by atoms with Crippen LogP contribution in [0.1, 0.15) is 51.2 Å². The van der Waals surface area contributed by atoms with Crippen molar-refractivity contribution in [1.82, 2.24) is 26.2 Å². The summed E-state index contributed by atoms with van der Waals surface area (Å²) in [4.78, 5) is 53.2. The van der Waals surface area contributed by atoms with Crippen molar-refractivity contribution in [3.8, 4) is 6.07 Å². The zero-order valence-electron chi connectivity index (χ0n) is 25.7. The zero-order chi connectivity index (χ0) is 31.8. The van der Waals surface area contributed by atoms with Crippen LogP contribution in [-0.4, -0.2) is 91.2 Å². The fourth-order valence-electron chi connectivity index (χ4n) is 4.40. The number of hydrogen-bond donors (Lipinski definition) is 5. The predicted octanol–water partition coefficient (Wildman–Crippen LogP) is 0.686. The van der Waals surface area contributed by atoms with E-state index in [2.05, 4.69) is 21.3 Å². The number of nitrogens with one attached hydrogen (secondary N) is 4. The summed E-state index contributed by atoms with van der Waals surface area (Å²) in [7, 11) is 0. The second kappa shape index (κ2) is 18.7. The molecule has 12 heteroatoms. The normalized spacial score (nSPS) is 16.0. The number of benzene rings is 1. The van der Waals surface area contributed by atoms with Gasteiger partial charge in [0.2, 0.25) is 17.7 Å². The first kappa shape index (κ1) is 35.4. The number of nitrogens with zero attached hydrogens (tertiary/aromatic N) is 2.